The van der Waals surface area contributed by atoms with Crippen LogP contribution in [0, 0.1) is 0 Å². The summed E-state index contributed by atoms with van der Waals surface area (Å²) in [4.78, 5) is 17.0. The molecule has 0 spiro atoms. The van der Waals surface area contributed by atoms with Crippen LogP contribution in [0.1, 0.15) is 6.23 Å². The van der Waals surface area contributed by atoms with Crippen molar-refractivity contribution < 1.29 is 28.4 Å². The standard InChI is InChI=1S/C20H26N4O7/c1-26-10-14-16(27-2)17(28-3)19(31-14)24-9-13-18(23-20(24)25)22-15-11(29-8-7-21)5-4-6-12(15)30-13/h4-6,9,14,16-17,19H,7-8,10,21H2,1-3H3,(H,22,23,25)/t14-,16?,17+,19-/m1/s1. The summed E-state index contributed by atoms with van der Waals surface area (Å²) in [6, 6.07) is 5.38. The third-order valence-corrected chi connectivity index (χ3v) is 5.18. The van der Waals surface area contributed by atoms with Gasteiger partial charge in [-0.15, -0.1) is 0 Å². The summed E-state index contributed by atoms with van der Waals surface area (Å²) in [5.74, 6) is 1.74. The van der Waals surface area contributed by atoms with Crippen LogP contribution in [0.2, 0.25) is 0 Å². The second-order valence-electron chi connectivity index (χ2n) is 7.06. The molecule has 1 fully saturated rings. The Kier molecular flexibility index (Phi) is 6.39. The number of fused-ring (bicyclic) bond motifs is 2. The van der Waals surface area contributed by atoms with E-state index in [0.717, 1.165) is 0 Å². The number of nitrogens with zero attached hydrogens (tertiary/aromatic N) is 2. The van der Waals surface area contributed by atoms with E-state index in [1.165, 1.54) is 11.7 Å². The SMILES string of the molecule is COC[C@H]1O[C@@H](n2cc3c(nc2=O)Nc2c(OCCN)cccc2O3)[C@@H](OC)C1OC. The number of para-hydroxylation sites is 1. The number of rotatable bonds is 8. The van der Waals surface area contributed by atoms with Crippen LogP contribution in [-0.4, -0.2) is 69.0 Å². The van der Waals surface area contributed by atoms with Gasteiger partial charge in [-0.05, 0) is 12.1 Å². The number of ether oxygens (including phenoxy) is 6. The highest BCUT2D eigenvalue weighted by Crippen LogP contribution is 2.45. The molecule has 11 heteroatoms. The Labute approximate surface area is 179 Å². The van der Waals surface area contributed by atoms with Crippen molar-refractivity contribution in [3.05, 3.63) is 34.9 Å². The minimum absolute atomic E-state index is 0.279. The third-order valence-electron chi connectivity index (χ3n) is 5.18. The quantitative estimate of drug-likeness (QED) is 0.530. The van der Waals surface area contributed by atoms with E-state index in [-0.39, 0.29) is 5.82 Å². The molecule has 4 atom stereocenters. The molecular weight excluding hydrogens is 408 g/mol. The highest BCUT2D eigenvalue weighted by atomic mass is 16.6. The van der Waals surface area contributed by atoms with Crippen molar-refractivity contribution >= 4 is 11.5 Å². The van der Waals surface area contributed by atoms with Crippen molar-refractivity contribution in [2.45, 2.75) is 24.5 Å². The summed E-state index contributed by atoms with van der Waals surface area (Å²) in [6.07, 6.45) is -0.575. The van der Waals surface area contributed by atoms with Gasteiger partial charge in [0, 0.05) is 27.9 Å². The van der Waals surface area contributed by atoms with Gasteiger partial charge in [-0.3, -0.25) is 4.57 Å². The molecule has 1 saturated heterocycles. The smallest absolute Gasteiger partial charge is 0.351 e. The monoisotopic (exact) mass is 434 g/mol. The van der Waals surface area contributed by atoms with Crippen LogP contribution < -0.4 is 26.2 Å². The predicted octanol–water partition coefficient (Wildman–Crippen LogP) is 1.00. The Balaban J connectivity index is 1.66. The van der Waals surface area contributed by atoms with Crippen LogP contribution in [0.15, 0.2) is 29.2 Å². The molecule has 168 valence electrons. The van der Waals surface area contributed by atoms with Crippen LogP contribution in [0.3, 0.4) is 0 Å². The zero-order chi connectivity index (χ0) is 22.0. The third kappa shape index (κ3) is 3.98. The minimum Gasteiger partial charge on any atom is -0.490 e. The Morgan fingerprint density at radius 3 is 2.71 bits per heavy atom. The van der Waals surface area contributed by atoms with Crippen molar-refractivity contribution in [2.75, 3.05) is 46.4 Å². The number of aromatic nitrogens is 2. The molecule has 11 nitrogen and oxygen atoms in total. The maximum absolute atomic E-state index is 12.9. The summed E-state index contributed by atoms with van der Waals surface area (Å²) in [5, 5.41) is 3.12. The van der Waals surface area contributed by atoms with E-state index in [0.29, 0.717) is 42.7 Å². The van der Waals surface area contributed by atoms with E-state index in [1.807, 2.05) is 0 Å². The molecule has 2 aromatic rings. The molecule has 31 heavy (non-hydrogen) atoms. The van der Waals surface area contributed by atoms with E-state index in [4.69, 9.17) is 34.2 Å². The summed E-state index contributed by atoms with van der Waals surface area (Å²) in [5.41, 5.74) is 5.58. The minimum atomic E-state index is -0.760. The lowest BCUT2D eigenvalue weighted by Crippen LogP contribution is -2.39. The average molecular weight is 434 g/mol. The van der Waals surface area contributed by atoms with Gasteiger partial charge in [0.1, 0.15) is 36.4 Å². The van der Waals surface area contributed by atoms with Gasteiger partial charge < -0.3 is 39.5 Å². The topological polar surface area (TPSA) is 128 Å². The number of benzene rings is 1. The van der Waals surface area contributed by atoms with Crippen molar-refractivity contribution in [2.24, 2.45) is 5.73 Å². The number of nitrogens with one attached hydrogen (secondary N) is 1. The van der Waals surface area contributed by atoms with Crippen molar-refractivity contribution in [1.82, 2.24) is 9.55 Å². The van der Waals surface area contributed by atoms with Gasteiger partial charge >= 0.3 is 5.69 Å². The first-order chi connectivity index (χ1) is 15.1. The van der Waals surface area contributed by atoms with Gasteiger partial charge in [0.25, 0.3) is 0 Å². The van der Waals surface area contributed by atoms with Crippen molar-refractivity contribution in [3.63, 3.8) is 0 Å². The molecule has 3 heterocycles. The lowest BCUT2D eigenvalue weighted by Gasteiger charge is -2.25. The lowest BCUT2D eigenvalue weighted by molar-refractivity contribution is -0.0674. The Hall–Kier alpha value is -2.70. The van der Waals surface area contributed by atoms with Crippen molar-refractivity contribution in [1.29, 1.82) is 0 Å². The van der Waals surface area contributed by atoms with Crippen LogP contribution in [0.25, 0.3) is 0 Å². The highest BCUT2D eigenvalue weighted by molar-refractivity contribution is 5.77. The molecule has 1 aromatic carbocycles. The van der Waals surface area contributed by atoms with Gasteiger partial charge in [0.05, 0.1) is 12.8 Å². The predicted molar refractivity (Wildman–Crippen MR) is 110 cm³/mol. The number of methoxy groups -OCH3 is 3. The van der Waals surface area contributed by atoms with E-state index in [9.17, 15) is 4.79 Å². The first-order valence-corrected chi connectivity index (χ1v) is 9.85. The Morgan fingerprint density at radius 2 is 2.00 bits per heavy atom. The summed E-state index contributed by atoms with van der Waals surface area (Å²) in [7, 11) is 4.67. The maximum atomic E-state index is 12.9. The molecule has 0 radical (unpaired) electrons. The van der Waals surface area contributed by atoms with Crippen molar-refractivity contribution in [3.8, 4) is 17.2 Å². The molecule has 1 unspecified atom stereocenters. The zero-order valence-electron chi connectivity index (χ0n) is 17.6. The van der Waals surface area contributed by atoms with Gasteiger partial charge in [0.2, 0.25) is 0 Å². The molecule has 0 amide bonds. The fourth-order valence-electron chi connectivity index (χ4n) is 3.81. The molecule has 0 bridgehead atoms. The fraction of sp³-hybridized carbons (Fsp3) is 0.500. The fourth-order valence-corrected chi connectivity index (χ4v) is 3.81. The molecule has 4 rings (SSSR count). The second-order valence-corrected chi connectivity index (χ2v) is 7.06. The normalized spacial score (nSPS) is 24.1. The number of hydrogen-bond donors (Lipinski definition) is 2. The molecule has 3 N–H and O–H groups in total. The van der Waals surface area contributed by atoms with Crippen LogP contribution in [0.4, 0.5) is 11.5 Å². The summed E-state index contributed by atoms with van der Waals surface area (Å²) >= 11 is 0. The van der Waals surface area contributed by atoms with Crippen LogP contribution in [-0.2, 0) is 18.9 Å². The molecule has 1 aromatic heterocycles. The average Bonchev–Trinajstić information content (AvgIpc) is 3.13. The van der Waals surface area contributed by atoms with Gasteiger partial charge in [-0.2, -0.15) is 4.98 Å². The molecule has 0 aliphatic carbocycles. The van der Waals surface area contributed by atoms with Crippen LogP contribution in [0.5, 0.6) is 17.2 Å². The first kappa shape index (κ1) is 21.5. The van der Waals surface area contributed by atoms with E-state index in [2.05, 4.69) is 10.3 Å². The number of nitrogens with two attached hydrogens (primary N) is 1. The molecule has 0 saturated carbocycles. The second kappa shape index (κ2) is 9.20. The summed E-state index contributed by atoms with van der Waals surface area (Å²) in [6.45, 7) is 1.01. The first-order valence-electron chi connectivity index (χ1n) is 9.85. The van der Waals surface area contributed by atoms with Gasteiger partial charge in [-0.25, -0.2) is 4.79 Å². The van der Waals surface area contributed by atoms with Crippen LogP contribution >= 0.6 is 0 Å². The van der Waals surface area contributed by atoms with E-state index in [1.54, 1.807) is 38.6 Å². The van der Waals surface area contributed by atoms with E-state index < -0.39 is 30.2 Å². The summed E-state index contributed by atoms with van der Waals surface area (Å²) < 4.78 is 35.4. The molecule has 2 aliphatic rings. The van der Waals surface area contributed by atoms with Gasteiger partial charge in [-0.1, -0.05) is 6.07 Å². The Morgan fingerprint density at radius 1 is 1.19 bits per heavy atom. The lowest BCUT2D eigenvalue weighted by atomic mass is 10.1. The zero-order valence-corrected chi connectivity index (χ0v) is 17.6. The van der Waals surface area contributed by atoms with Gasteiger partial charge in [0.15, 0.2) is 23.5 Å². The maximum Gasteiger partial charge on any atom is 0.351 e. The number of hydrogen-bond acceptors (Lipinski definition) is 10. The Bertz CT molecular complexity index is 982. The molecular formula is C20H26N4O7. The highest BCUT2D eigenvalue weighted by Gasteiger charge is 2.47. The number of anilines is 2. The largest absolute Gasteiger partial charge is 0.490 e. The molecule has 2 aliphatic heterocycles. The van der Waals surface area contributed by atoms with E-state index >= 15 is 0 Å².